The van der Waals surface area contributed by atoms with E-state index in [9.17, 15) is 14.4 Å². The van der Waals surface area contributed by atoms with E-state index >= 15 is 0 Å². The Bertz CT molecular complexity index is 963. The number of nitrogens with two attached hydrogens (primary N) is 1. The fraction of sp³-hybridized carbons (Fsp3) is 0.312. The first-order valence-electron chi connectivity index (χ1n) is 7.91. The summed E-state index contributed by atoms with van der Waals surface area (Å²) in [5, 5.41) is 10.1. The molecule has 2 rings (SSSR count). The minimum Gasteiger partial charge on any atom is -0.465 e. The molecule has 0 fully saturated rings. The number of hydrogen-bond acceptors (Lipinski definition) is 7. The molecule has 2 aromatic rings. The zero-order chi connectivity index (χ0) is 21.2. The van der Waals surface area contributed by atoms with Gasteiger partial charge in [-0.15, -0.1) is 11.3 Å². The Morgan fingerprint density at radius 1 is 1.32 bits per heavy atom. The highest BCUT2D eigenvalue weighted by Gasteiger charge is 2.26. The van der Waals surface area contributed by atoms with Crippen LogP contribution in [0.5, 0.6) is 0 Å². The summed E-state index contributed by atoms with van der Waals surface area (Å²) >= 11 is 6.35. The van der Waals surface area contributed by atoms with Gasteiger partial charge in [0.2, 0.25) is 0 Å². The first-order chi connectivity index (χ1) is 13.1. The number of nitrogens with one attached hydrogen (secondary N) is 2. The number of thiocarbonyl (C=S) groups is 1. The third kappa shape index (κ3) is 4.28. The van der Waals surface area contributed by atoms with Gasteiger partial charge in [-0.3, -0.25) is 14.3 Å². The topological polar surface area (TPSA) is 132 Å². The molecule has 2 amide bonds. The van der Waals surface area contributed by atoms with Gasteiger partial charge in [0.1, 0.15) is 5.00 Å². The maximum atomic E-state index is 12.4. The SMILES string of the molecule is COC(=O)c1c(NC(=S)Nc2cn(C)nc2C(N)=O)sc(C(=O)N(C)C)c1C. The monoisotopic (exact) mass is 424 g/mol. The number of primary amides is 1. The third-order valence-corrected chi connectivity index (χ3v) is 5.07. The number of aryl methyl sites for hydroxylation is 1. The summed E-state index contributed by atoms with van der Waals surface area (Å²) in [7, 11) is 6.12. The molecule has 0 aliphatic heterocycles. The summed E-state index contributed by atoms with van der Waals surface area (Å²) in [6.07, 6.45) is 1.54. The number of esters is 1. The van der Waals surface area contributed by atoms with Gasteiger partial charge in [0, 0.05) is 27.3 Å². The summed E-state index contributed by atoms with van der Waals surface area (Å²) in [5.74, 6) is -1.56. The van der Waals surface area contributed by atoms with Crippen molar-refractivity contribution in [2.24, 2.45) is 12.8 Å². The van der Waals surface area contributed by atoms with Crippen LogP contribution in [0.1, 0.15) is 36.1 Å². The van der Waals surface area contributed by atoms with E-state index in [2.05, 4.69) is 15.7 Å². The van der Waals surface area contributed by atoms with Crippen LogP contribution < -0.4 is 16.4 Å². The van der Waals surface area contributed by atoms with Crippen LogP contribution in [0, 0.1) is 6.92 Å². The molecule has 0 saturated heterocycles. The molecule has 4 N–H and O–H groups in total. The summed E-state index contributed by atoms with van der Waals surface area (Å²) < 4.78 is 6.24. The molecule has 2 heterocycles. The van der Waals surface area contributed by atoms with E-state index in [0.29, 0.717) is 21.1 Å². The lowest BCUT2D eigenvalue weighted by atomic mass is 10.1. The van der Waals surface area contributed by atoms with Crippen molar-refractivity contribution in [3.8, 4) is 0 Å². The van der Waals surface area contributed by atoms with Gasteiger partial charge >= 0.3 is 5.97 Å². The van der Waals surface area contributed by atoms with Gasteiger partial charge in [0.05, 0.1) is 23.2 Å². The maximum absolute atomic E-state index is 12.4. The van der Waals surface area contributed by atoms with E-state index in [1.165, 1.54) is 22.9 Å². The smallest absolute Gasteiger partial charge is 0.341 e. The molecule has 12 heteroatoms. The van der Waals surface area contributed by atoms with Crippen molar-refractivity contribution < 1.29 is 19.1 Å². The van der Waals surface area contributed by atoms with Crippen molar-refractivity contribution in [1.82, 2.24) is 14.7 Å². The van der Waals surface area contributed by atoms with E-state index in [1.54, 1.807) is 28.1 Å². The quantitative estimate of drug-likeness (QED) is 0.482. The number of methoxy groups -OCH3 is 1. The van der Waals surface area contributed by atoms with Gasteiger partial charge in [-0.1, -0.05) is 0 Å². The molecule has 150 valence electrons. The van der Waals surface area contributed by atoms with E-state index in [0.717, 1.165) is 11.3 Å². The van der Waals surface area contributed by atoms with Gasteiger partial charge < -0.3 is 26.0 Å². The second-order valence-electron chi connectivity index (χ2n) is 5.96. The van der Waals surface area contributed by atoms with Crippen LogP contribution >= 0.6 is 23.6 Å². The van der Waals surface area contributed by atoms with Crippen molar-refractivity contribution in [3.63, 3.8) is 0 Å². The summed E-state index contributed by atoms with van der Waals surface area (Å²) in [5.41, 5.74) is 6.33. The predicted molar refractivity (Wildman–Crippen MR) is 110 cm³/mol. The number of rotatable bonds is 5. The van der Waals surface area contributed by atoms with Crippen LogP contribution in [0.15, 0.2) is 6.20 Å². The molecule has 0 aliphatic carbocycles. The lowest BCUT2D eigenvalue weighted by Gasteiger charge is -2.10. The highest BCUT2D eigenvalue weighted by Crippen LogP contribution is 2.34. The molecular weight excluding hydrogens is 404 g/mol. The largest absolute Gasteiger partial charge is 0.465 e. The van der Waals surface area contributed by atoms with Crippen molar-refractivity contribution in [2.45, 2.75) is 6.92 Å². The Hall–Kier alpha value is -2.99. The standard InChI is InChI=1S/C16H20N6O4S2/c1-7-9(15(25)26-5)13(28-11(7)14(24)21(2)3)19-16(27)18-8-6-22(4)20-10(8)12(17)23/h6H,1-5H3,(H2,17,23)(H2,18,19,27). The lowest BCUT2D eigenvalue weighted by Crippen LogP contribution is -2.22. The molecule has 2 aromatic heterocycles. The summed E-state index contributed by atoms with van der Waals surface area (Å²) in [6.45, 7) is 1.66. The van der Waals surface area contributed by atoms with E-state index in [-0.39, 0.29) is 22.3 Å². The Labute approximate surface area is 170 Å². The van der Waals surface area contributed by atoms with E-state index < -0.39 is 11.9 Å². The fourth-order valence-electron chi connectivity index (χ4n) is 2.38. The van der Waals surface area contributed by atoms with Crippen molar-refractivity contribution >= 4 is 57.1 Å². The number of amides is 2. The highest BCUT2D eigenvalue weighted by molar-refractivity contribution is 7.80. The number of carbonyl (C=O) groups excluding carboxylic acids is 3. The number of hydrogen-bond donors (Lipinski definition) is 3. The molecule has 10 nitrogen and oxygen atoms in total. The second-order valence-corrected chi connectivity index (χ2v) is 7.39. The molecule has 0 radical (unpaired) electrons. The zero-order valence-corrected chi connectivity index (χ0v) is 17.6. The molecule has 0 atom stereocenters. The lowest BCUT2D eigenvalue weighted by molar-refractivity contribution is 0.0601. The average molecular weight is 425 g/mol. The van der Waals surface area contributed by atoms with Gasteiger partial charge in [0.25, 0.3) is 11.8 Å². The van der Waals surface area contributed by atoms with E-state index in [4.69, 9.17) is 22.7 Å². The van der Waals surface area contributed by atoms with Gasteiger partial charge in [-0.2, -0.15) is 5.10 Å². The van der Waals surface area contributed by atoms with Crippen molar-refractivity contribution in [1.29, 1.82) is 0 Å². The third-order valence-electron chi connectivity index (χ3n) is 3.67. The number of anilines is 2. The minimum atomic E-state index is -0.716. The van der Waals surface area contributed by atoms with E-state index in [1.807, 2.05) is 0 Å². The van der Waals surface area contributed by atoms with Crippen molar-refractivity contribution in [2.75, 3.05) is 31.8 Å². The predicted octanol–water partition coefficient (Wildman–Crippen LogP) is 1.19. The van der Waals surface area contributed by atoms with Crippen LogP contribution in [0.2, 0.25) is 0 Å². The highest BCUT2D eigenvalue weighted by atomic mass is 32.1. The van der Waals surface area contributed by atoms with Crippen LogP contribution in [-0.4, -0.2) is 58.8 Å². The van der Waals surface area contributed by atoms with Gasteiger partial charge in [-0.25, -0.2) is 4.79 Å². The number of nitrogens with zero attached hydrogens (tertiary/aromatic N) is 3. The molecule has 0 bridgehead atoms. The number of aromatic nitrogens is 2. The molecule has 28 heavy (non-hydrogen) atoms. The van der Waals surface area contributed by atoms with Crippen LogP contribution in [0.4, 0.5) is 10.7 Å². The first-order valence-corrected chi connectivity index (χ1v) is 9.14. The Morgan fingerprint density at radius 2 is 1.96 bits per heavy atom. The Kier molecular flexibility index (Phi) is 6.36. The zero-order valence-electron chi connectivity index (χ0n) is 15.9. The number of carbonyl (C=O) groups is 3. The molecule has 0 saturated carbocycles. The van der Waals surface area contributed by atoms with Crippen LogP contribution in [0.25, 0.3) is 0 Å². The van der Waals surface area contributed by atoms with Crippen LogP contribution in [-0.2, 0) is 11.8 Å². The Morgan fingerprint density at radius 3 is 2.50 bits per heavy atom. The normalized spacial score (nSPS) is 10.3. The average Bonchev–Trinajstić information content (AvgIpc) is 3.13. The van der Waals surface area contributed by atoms with Crippen LogP contribution in [0.3, 0.4) is 0 Å². The second kappa shape index (κ2) is 8.35. The summed E-state index contributed by atoms with van der Waals surface area (Å²) in [6, 6.07) is 0. The molecule has 0 aliphatic rings. The minimum absolute atomic E-state index is 0.0191. The number of ether oxygens (including phenoxy) is 1. The van der Waals surface area contributed by atoms with Gasteiger partial charge in [0.15, 0.2) is 10.8 Å². The molecular formula is C16H20N6O4S2. The molecule has 0 spiro atoms. The molecule has 0 unspecified atom stereocenters. The summed E-state index contributed by atoms with van der Waals surface area (Å²) in [4.78, 5) is 37.9. The molecule has 0 aromatic carbocycles. The maximum Gasteiger partial charge on any atom is 0.341 e. The Balaban J connectivity index is 2.36. The fourth-order valence-corrected chi connectivity index (χ4v) is 3.87. The van der Waals surface area contributed by atoms with Gasteiger partial charge in [-0.05, 0) is 24.7 Å². The first kappa shape index (κ1) is 21.3. The number of thiophene rings is 1. The van der Waals surface area contributed by atoms with Crippen molar-refractivity contribution in [3.05, 3.63) is 27.9 Å².